The number of rotatable bonds is 2. The Morgan fingerprint density at radius 3 is 3.00 bits per heavy atom. The molecule has 0 saturated heterocycles. The van der Waals surface area contributed by atoms with Crippen LogP contribution in [-0.2, 0) is 0 Å². The Hall–Kier alpha value is -1.16. The normalized spacial score (nSPS) is 13.3. The molecule has 2 rings (SSSR count). The third kappa shape index (κ3) is 1.59. The van der Waals surface area contributed by atoms with E-state index in [1.54, 1.807) is 0 Å². The second-order valence-corrected chi connectivity index (χ2v) is 4.27. The molecule has 15 heavy (non-hydrogen) atoms. The lowest BCUT2D eigenvalue weighted by Crippen LogP contribution is -2.04. The molecular weight excluding hydrogens is 206 g/mol. The van der Waals surface area contributed by atoms with Crippen LogP contribution < -0.4 is 0 Å². The number of pyridine rings is 1. The summed E-state index contributed by atoms with van der Waals surface area (Å²) in [6.07, 6.45) is 2.88. The van der Waals surface area contributed by atoms with Gasteiger partial charge in [-0.05, 0) is 44.1 Å². The molecule has 0 amide bonds. The van der Waals surface area contributed by atoms with Crippen molar-refractivity contribution in [2.75, 3.05) is 0 Å². The van der Waals surface area contributed by atoms with Gasteiger partial charge < -0.3 is 4.98 Å². The van der Waals surface area contributed by atoms with Crippen LogP contribution in [0, 0.1) is 11.7 Å². The lowest BCUT2D eigenvalue weighted by atomic mass is 10.2. The van der Waals surface area contributed by atoms with Gasteiger partial charge in [0.15, 0.2) is 10.4 Å². The van der Waals surface area contributed by atoms with E-state index in [-0.39, 0.29) is 0 Å². The number of hydrogen-bond donors (Lipinski definition) is 1. The predicted octanol–water partition coefficient (Wildman–Crippen LogP) is 3.37. The van der Waals surface area contributed by atoms with Crippen molar-refractivity contribution in [1.29, 1.82) is 0 Å². The maximum atomic E-state index is 5.32. The van der Waals surface area contributed by atoms with Crippen LogP contribution in [-0.4, -0.2) is 14.5 Å². The zero-order valence-electron chi connectivity index (χ0n) is 9.24. The third-order valence-corrected chi connectivity index (χ3v) is 3.15. The minimum atomic E-state index is 0.389. The lowest BCUT2D eigenvalue weighted by Gasteiger charge is -2.10. The molecule has 1 N–H and O–H groups in total. The molecule has 2 heterocycles. The number of nitrogens with one attached hydrogen (secondary N) is 1. The van der Waals surface area contributed by atoms with Crippen LogP contribution in [0.2, 0.25) is 0 Å². The summed E-state index contributed by atoms with van der Waals surface area (Å²) in [4.78, 5) is 7.62. The van der Waals surface area contributed by atoms with Gasteiger partial charge in [-0.25, -0.2) is 4.98 Å². The Balaban J connectivity index is 2.80. The van der Waals surface area contributed by atoms with Crippen LogP contribution >= 0.6 is 12.2 Å². The molecule has 1 atom stereocenters. The average Bonchev–Trinajstić information content (AvgIpc) is 2.55. The van der Waals surface area contributed by atoms with Gasteiger partial charge in [-0.3, -0.25) is 4.57 Å². The highest BCUT2D eigenvalue weighted by molar-refractivity contribution is 7.71. The summed E-state index contributed by atoms with van der Waals surface area (Å²) < 4.78 is 2.86. The van der Waals surface area contributed by atoms with Gasteiger partial charge in [-0.2, -0.15) is 0 Å². The Bertz CT molecular complexity index is 538. The minimum Gasteiger partial charge on any atom is -0.329 e. The quantitative estimate of drug-likeness (QED) is 0.789. The van der Waals surface area contributed by atoms with Crippen LogP contribution in [0.3, 0.4) is 0 Å². The highest BCUT2D eigenvalue weighted by Gasteiger charge is 2.11. The summed E-state index contributed by atoms with van der Waals surface area (Å²) in [6.45, 7) is 6.38. The molecule has 0 aliphatic carbocycles. The van der Waals surface area contributed by atoms with Crippen molar-refractivity contribution in [3.05, 3.63) is 22.6 Å². The Kier molecular flexibility index (Phi) is 2.61. The molecule has 1 unspecified atom stereocenters. The van der Waals surface area contributed by atoms with E-state index in [2.05, 4.69) is 35.3 Å². The topological polar surface area (TPSA) is 33.6 Å². The van der Waals surface area contributed by atoms with Gasteiger partial charge in [0.1, 0.15) is 0 Å². The first-order valence-electron chi connectivity index (χ1n) is 5.21. The maximum absolute atomic E-state index is 5.32. The highest BCUT2D eigenvalue weighted by Crippen LogP contribution is 2.20. The number of aromatic amines is 1. The molecule has 0 radical (unpaired) electrons. The number of imidazole rings is 1. The SMILES string of the molecule is CCC(C)n1c(=S)[nH]c2c(C)ccnc21. The summed E-state index contributed by atoms with van der Waals surface area (Å²) >= 11 is 5.32. The molecule has 0 aliphatic rings. The van der Waals surface area contributed by atoms with E-state index in [9.17, 15) is 0 Å². The summed E-state index contributed by atoms with van der Waals surface area (Å²) in [7, 11) is 0. The van der Waals surface area contributed by atoms with Crippen LogP contribution in [0.1, 0.15) is 31.9 Å². The molecule has 0 aliphatic heterocycles. The molecule has 2 aromatic rings. The largest absolute Gasteiger partial charge is 0.329 e. The molecule has 0 spiro atoms. The molecule has 80 valence electrons. The Morgan fingerprint density at radius 2 is 2.33 bits per heavy atom. The smallest absolute Gasteiger partial charge is 0.179 e. The third-order valence-electron chi connectivity index (χ3n) is 2.85. The van der Waals surface area contributed by atoms with Crippen molar-refractivity contribution in [2.45, 2.75) is 33.2 Å². The first kappa shape index (κ1) is 10.4. The number of aryl methyl sites for hydroxylation is 1. The number of nitrogens with zero attached hydrogens (tertiary/aromatic N) is 2. The second-order valence-electron chi connectivity index (χ2n) is 3.88. The van der Waals surface area contributed by atoms with Gasteiger partial charge in [-0.1, -0.05) is 6.92 Å². The number of aromatic nitrogens is 3. The van der Waals surface area contributed by atoms with E-state index in [0.717, 1.165) is 22.4 Å². The van der Waals surface area contributed by atoms with Crippen LogP contribution in [0.4, 0.5) is 0 Å². The van der Waals surface area contributed by atoms with E-state index in [1.807, 2.05) is 12.3 Å². The van der Waals surface area contributed by atoms with E-state index in [4.69, 9.17) is 12.2 Å². The fourth-order valence-corrected chi connectivity index (χ4v) is 2.10. The van der Waals surface area contributed by atoms with Crippen molar-refractivity contribution in [2.24, 2.45) is 0 Å². The van der Waals surface area contributed by atoms with Gasteiger partial charge in [0.25, 0.3) is 0 Å². The summed E-state index contributed by atoms with van der Waals surface area (Å²) in [5, 5.41) is 0. The monoisotopic (exact) mass is 221 g/mol. The zero-order chi connectivity index (χ0) is 11.0. The molecule has 2 aromatic heterocycles. The van der Waals surface area contributed by atoms with Crippen molar-refractivity contribution < 1.29 is 0 Å². The molecule has 3 nitrogen and oxygen atoms in total. The molecule has 0 saturated carbocycles. The van der Waals surface area contributed by atoms with Gasteiger partial charge >= 0.3 is 0 Å². The first-order chi connectivity index (χ1) is 7.15. The summed E-state index contributed by atoms with van der Waals surface area (Å²) in [6, 6.07) is 2.38. The Labute approximate surface area is 94.2 Å². The fraction of sp³-hybridized carbons (Fsp3) is 0.455. The molecule has 0 bridgehead atoms. The van der Waals surface area contributed by atoms with Crippen molar-refractivity contribution >= 4 is 23.4 Å². The first-order valence-corrected chi connectivity index (χ1v) is 5.61. The van der Waals surface area contributed by atoms with Crippen LogP contribution in [0.5, 0.6) is 0 Å². The van der Waals surface area contributed by atoms with Crippen molar-refractivity contribution in [3.8, 4) is 0 Å². The second kappa shape index (κ2) is 3.77. The number of H-pyrrole nitrogens is 1. The van der Waals surface area contributed by atoms with Gasteiger partial charge in [-0.15, -0.1) is 0 Å². The predicted molar refractivity (Wildman–Crippen MR) is 64.7 cm³/mol. The van der Waals surface area contributed by atoms with E-state index in [1.165, 1.54) is 5.56 Å². The molecule has 4 heteroatoms. The number of fused-ring (bicyclic) bond motifs is 1. The Morgan fingerprint density at radius 1 is 1.60 bits per heavy atom. The highest BCUT2D eigenvalue weighted by atomic mass is 32.1. The van der Waals surface area contributed by atoms with Gasteiger partial charge in [0.2, 0.25) is 0 Å². The molecule has 0 fully saturated rings. The van der Waals surface area contributed by atoms with Gasteiger partial charge in [0.05, 0.1) is 5.52 Å². The zero-order valence-corrected chi connectivity index (χ0v) is 10.1. The van der Waals surface area contributed by atoms with Crippen molar-refractivity contribution in [3.63, 3.8) is 0 Å². The average molecular weight is 221 g/mol. The van der Waals surface area contributed by atoms with E-state index >= 15 is 0 Å². The van der Waals surface area contributed by atoms with E-state index in [0.29, 0.717) is 6.04 Å². The van der Waals surface area contributed by atoms with Gasteiger partial charge in [0, 0.05) is 12.2 Å². The van der Waals surface area contributed by atoms with Crippen LogP contribution in [0.15, 0.2) is 12.3 Å². The summed E-state index contributed by atoms with van der Waals surface area (Å²) in [5.74, 6) is 0. The van der Waals surface area contributed by atoms with Crippen LogP contribution in [0.25, 0.3) is 11.2 Å². The lowest BCUT2D eigenvalue weighted by molar-refractivity contribution is 0.535. The van der Waals surface area contributed by atoms with E-state index < -0.39 is 0 Å². The number of hydrogen-bond acceptors (Lipinski definition) is 2. The molecular formula is C11H15N3S. The molecule has 0 aromatic carbocycles. The maximum Gasteiger partial charge on any atom is 0.179 e. The van der Waals surface area contributed by atoms with Crippen molar-refractivity contribution in [1.82, 2.24) is 14.5 Å². The minimum absolute atomic E-state index is 0.389. The summed E-state index contributed by atoms with van der Waals surface area (Å²) in [5.41, 5.74) is 3.21. The fourth-order valence-electron chi connectivity index (χ4n) is 1.74. The standard InChI is InChI=1S/C11H15N3S/c1-4-8(3)14-10-9(13-11(14)15)7(2)5-6-12-10/h5-6,8H,4H2,1-3H3,(H,13,15).